The monoisotopic (exact) mass is 394 g/mol. The number of piperidine rings is 1. The van der Waals surface area contributed by atoms with E-state index in [4.69, 9.17) is 0 Å². The van der Waals surface area contributed by atoms with Crippen molar-refractivity contribution >= 4 is 16.9 Å². The summed E-state index contributed by atoms with van der Waals surface area (Å²) in [5.74, 6) is 0.920. The number of aliphatic hydroxyl groups is 1. The van der Waals surface area contributed by atoms with Crippen LogP contribution in [0.25, 0.3) is 16.7 Å². The Labute approximate surface area is 168 Å². The van der Waals surface area contributed by atoms with E-state index in [-0.39, 0.29) is 11.8 Å². The number of aromatic nitrogens is 5. The van der Waals surface area contributed by atoms with Crippen LogP contribution in [-0.2, 0) is 4.79 Å². The second-order valence-electron chi connectivity index (χ2n) is 8.44. The fourth-order valence-electron chi connectivity index (χ4n) is 4.73. The van der Waals surface area contributed by atoms with Crippen molar-refractivity contribution in [2.75, 3.05) is 13.1 Å². The highest BCUT2D eigenvalue weighted by atomic mass is 16.3. The lowest BCUT2D eigenvalue weighted by molar-refractivity contribution is -0.152. The van der Waals surface area contributed by atoms with Gasteiger partial charge in [-0.05, 0) is 63.6 Å². The molecule has 0 spiro atoms. The number of nitrogens with one attached hydrogen (secondary N) is 1. The summed E-state index contributed by atoms with van der Waals surface area (Å²) in [4.78, 5) is 22.4. The smallest absolute Gasteiger partial charge is 0.254 e. The number of likely N-dealkylation sites (tertiary alicyclic amines) is 1. The van der Waals surface area contributed by atoms with Gasteiger partial charge in [0, 0.05) is 19.0 Å². The first kappa shape index (κ1) is 18.3. The summed E-state index contributed by atoms with van der Waals surface area (Å²) in [5.41, 5.74) is 2.55. The molecule has 0 radical (unpaired) electrons. The molecular weight excluding hydrogens is 368 g/mol. The Kier molecular flexibility index (Phi) is 4.38. The van der Waals surface area contributed by atoms with Crippen molar-refractivity contribution in [2.45, 2.75) is 57.0 Å². The van der Waals surface area contributed by atoms with E-state index in [1.54, 1.807) is 4.68 Å². The highest BCUT2D eigenvalue weighted by Gasteiger charge is 2.42. The lowest BCUT2D eigenvalue weighted by atomic mass is 9.92. The van der Waals surface area contributed by atoms with E-state index < -0.39 is 5.60 Å². The molecule has 1 unspecified atom stereocenters. The number of amides is 1. The third-order valence-corrected chi connectivity index (χ3v) is 6.32. The molecule has 2 aromatic heterocycles. The minimum atomic E-state index is -1.16. The van der Waals surface area contributed by atoms with E-state index in [0.29, 0.717) is 25.9 Å². The van der Waals surface area contributed by atoms with Gasteiger partial charge in [0.1, 0.15) is 11.4 Å². The molecule has 8 heteroatoms. The molecule has 2 fully saturated rings. The average molecular weight is 394 g/mol. The van der Waals surface area contributed by atoms with E-state index in [1.807, 2.05) is 36.2 Å². The molecule has 1 aliphatic heterocycles. The van der Waals surface area contributed by atoms with Gasteiger partial charge < -0.3 is 15.0 Å². The number of carbonyl (C=O) groups is 1. The molecule has 3 heterocycles. The lowest BCUT2D eigenvalue weighted by Crippen LogP contribution is -2.50. The molecule has 1 saturated heterocycles. The van der Waals surface area contributed by atoms with Gasteiger partial charge in [-0.25, -0.2) is 9.67 Å². The zero-order chi connectivity index (χ0) is 20.0. The van der Waals surface area contributed by atoms with Crippen molar-refractivity contribution < 1.29 is 9.90 Å². The van der Waals surface area contributed by atoms with Crippen LogP contribution in [0.5, 0.6) is 0 Å². The number of aryl methyl sites for hydroxylation is 1. The van der Waals surface area contributed by atoms with Crippen molar-refractivity contribution in [1.82, 2.24) is 29.9 Å². The van der Waals surface area contributed by atoms with Crippen LogP contribution in [0.1, 0.15) is 56.0 Å². The molecule has 3 aromatic rings. The molecule has 29 heavy (non-hydrogen) atoms. The van der Waals surface area contributed by atoms with Crippen LogP contribution in [0, 0.1) is 6.92 Å². The predicted octanol–water partition coefficient (Wildman–Crippen LogP) is 2.46. The lowest BCUT2D eigenvalue weighted by Gasteiger charge is -2.36. The van der Waals surface area contributed by atoms with Gasteiger partial charge in [-0.15, -0.1) is 5.10 Å². The van der Waals surface area contributed by atoms with E-state index in [9.17, 15) is 9.90 Å². The third-order valence-electron chi connectivity index (χ3n) is 6.32. The summed E-state index contributed by atoms with van der Waals surface area (Å²) >= 11 is 0. The first-order valence-corrected chi connectivity index (χ1v) is 10.4. The largest absolute Gasteiger partial charge is 0.380 e. The van der Waals surface area contributed by atoms with Crippen molar-refractivity contribution in [3.8, 4) is 5.69 Å². The third kappa shape index (κ3) is 3.31. The summed E-state index contributed by atoms with van der Waals surface area (Å²) < 4.78 is 1.77. The molecule has 152 valence electrons. The number of rotatable bonds is 3. The number of imidazole rings is 1. The zero-order valence-electron chi connectivity index (χ0n) is 16.6. The Bertz CT molecular complexity index is 1050. The zero-order valence-corrected chi connectivity index (χ0v) is 16.6. The Morgan fingerprint density at radius 2 is 2.10 bits per heavy atom. The quantitative estimate of drug-likeness (QED) is 0.711. The first-order chi connectivity index (χ1) is 14.0. The molecule has 1 saturated carbocycles. The van der Waals surface area contributed by atoms with Crippen molar-refractivity contribution in [1.29, 1.82) is 0 Å². The van der Waals surface area contributed by atoms with Gasteiger partial charge in [0.2, 0.25) is 0 Å². The normalized spacial score (nSPS) is 21.7. The fraction of sp³-hybridized carbons (Fsp3) is 0.524. The number of benzene rings is 1. The van der Waals surface area contributed by atoms with Gasteiger partial charge in [0.05, 0.1) is 28.6 Å². The van der Waals surface area contributed by atoms with Gasteiger partial charge in [-0.2, -0.15) is 0 Å². The summed E-state index contributed by atoms with van der Waals surface area (Å²) in [6.45, 7) is 3.24. The van der Waals surface area contributed by atoms with Crippen LogP contribution in [-0.4, -0.2) is 59.6 Å². The molecule has 1 aliphatic carbocycles. The SMILES string of the molecule is Cc1nc2ccc(-n3cc(C4CCCN(C(=O)C5(O)CCCC5)C4)nn3)cc2[nH]1. The number of hydrogen-bond acceptors (Lipinski definition) is 5. The van der Waals surface area contributed by atoms with Gasteiger partial charge in [0.15, 0.2) is 0 Å². The van der Waals surface area contributed by atoms with E-state index >= 15 is 0 Å². The number of carbonyl (C=O) groups excluding carboxylic acids is 1. The summed E-state index contributed by atoms with van der Waals surface area (Å²) in [6.07, 6.45) is 6.85. The van der Waals surface area contributed by atoms with Gasteiger partial charge in [-0.1, -0.05) is 5.21 Å². The van der Waals surface area contributed by atoms with Crippen molar-refractivity contribution in [2.24, 2.45) is 0 Å². The number of aromatic amines is 1. The standard InChI is InChI=1S/C21H26N6O2/c1-14-22-17-7-6-16(11-18(17)23-14)27-13-19(24-25-27)15-5-4-10-26(12-15)20(28)21(29)8-2-3-9-21/h6-7,11,13,15,29H,2-5,8-10,12H2,1H3,(H,22,23). The van der Waals surface area contributed by atoms with Crippen LogP contribution >= 0.6 is 0 Å². The Balaban J connectivity index is 1.34. The maximum atomic E-state index is 12.9. The van der Waals surface area contributed by atoms with E-state index in [0.717, 1.165) is 53.9 Å². The van der Waals surface area contributed by atoms with Crippen LogP contribution in [0.2, 0.25) is 0 Å². The van der Waals surface area contributed by atoms with Crippen LogP contribution < -0.4 is 0 Å². The molecule has 1 aromatic carbocycles. The predicted molar refractivity (Wildman–Crippen MR) is 108 cm³/mol. The maximum absolute atomic E-state index is 12.9. The second-order valence-corrected chi connectivity index (χ2v) is 8.44. The molecule has 8 nitrogen and oxygen atoms in total. The minimum absolute atomic E-state index is 0.104. The maximum Gasteiger partial charge on any atom is 0.254 e. The Morgan fingerprint density at radius 3 is 2.93 bits per heavy atom. The highest BCUT2D eigenvalue weighted by molar-refractivity contribution is 5.85. The average Bonchev–Trinajstić information content (AvgIpc) is 3.46. The van der Waals surface area contributed by atoms with Crippen LogP contribution in [0.15, 0.2) is 24.4 Å². The van der Waals surface area contributed by atoms with Gasteiger partial charge >= 0.3 is 0 Å². The molecule has 1 atom stereocenters. The number of nitrogens with zero attached hydrogens (tertiary/aromatic N) is 5. The summed E-state index contributed by atoms with van der Waals surface area (Å²) in [6, 6.07) is 5.96. The Morgan fingerprint density at radius 1 is 1.28 bits per heavy atom. The van der Waals surface area contributed by atoms with Gasteiger partial charge in [0.25, 0.3) is 5.91 Å². The van der Waals surface area contributed by atoms with Crippen molar-refractivity contribution in [3.05, 3.63) is 35.9 Å². The molecule has 2 N–H and O–H groups in total. The van der Waals surface area contributed by atoms with E-state index in [2.05, 4.69) is 20.3 Å². The molecule has 2 aliphatic rings. The fourth-order valence-corrected chi connectivity index (χ4v) is 4.73. The summed E-state index contributed by atoms with van der Waals surface area (Å²) in [7, 11) is 0. The molecule has 1 amide bonds. The van der Waals surface area contributed by atoms with Crippen molar-refractivity contribution in [3.63, 3.8) is 0 Å². The number of hydrogen-bond donors (Lipinski definition) is 2. The second kappa shape index (κ2) is 6.95. The molecule has 5 rings (SSSR count). The minimum Gasteiger partial charge on any atom is -0.380 e. The topological polar surface area (TPSA) is 99.9 Å². The summed E-state index contributed by atoms with van der Waals surface area (Å²) in [5, 5.41) is 19.4. The molecular formula is C21H26N6O2. The highest BCUT2D eigenvalue weighted by Crippen LogP contribution is 2.34. The Hall–Kier alpha value is -2.74. The van der Waals surface area contributed by atoms with E-state index in [1.165, 1.54) is 0 Å². The van der Waals surface area contributed by atoms with Crippen LogP contribution in [0.3, 0.4) is 0 Å². The van der Waals surface area contributed by atoms with Crippen LogP contribution in [0.4, 0.5) is 0 Å². The van der Waals surface area contributed by atoms with Gasteiger partial charge in [-0.3, -0.25) is 4.79 Å². The number of H-pyrrole nitrogens is 1. The molecule has 0 bridgehead atoms. The first-order valence-electron chi connectivity index (χ1n) is 10.4. The number of fused-ring (bicyclic) bond motifs is 1.